The number of hydrogen-bond donors (Lipinski definition) is 1. The Balaban J connectivity index is -0.00000180. The predicted octanol–water partition coefficient (Wildman–Crippen LogP) is -8.83. The van der Waals surface area contributed by atoms with Crippen LogP contribution >= 0.6 is 0 Å². The first-order chi connectivity index (χ1) is 9.10. The number of carbonyl (C=O) groups is 3. The van der Waals surface area contributed by atoms with E-state index >= 15 is 0 Å². The fourth-order valence-corrected chi connectivity index (χ4v) is 1.89. The van der Waals surface area contributed by atoms with Crippen LogP contribution in [0.15, 0.2) is 12.7 Å². The average molecular weight is 355 g/mol. The number of aliphatic carboxylic acids is 1. The van der Waals surface area contributed by atoms with E-state index in [2.05, 4.69) is 16.2 Å². The van der Waals surface area contributed by atoms with Crippen LogP contribution < -0.4 is 69.7 Å². The molecule has 0 fully saturated rings. The molecule has 0 spiro atoms. The van der Waals surface area contributed by atoms with Crippen molar-refractivity contribution in [1.82, 2.24) is 5.48 Å². The monoisotopic (exact) mass is 355 g/mol. The molecule has 0 radical (unpaired) electrons. The molecule has 0 bridgehead atoms. The van der Waals surface area contributed by atoms with Crippen molar-refractivity contribution in [2.45, 2.75) is 18.3 Å². The Hall–Kier alpha value is 0.0200. The maximum Gasteiger partial charge on any atom is 1.00 e. The minimum atomic E-state index is -5.58. The van der Waals surface area contributed by atoms with E-state index in [9.17, 15) is 32.5 Å². The summed E-state index contributed by atoms with van der Waals surface area (Å²) in [5, 5.41) is 10.5. The van der Waals surface area contributed by atoms with Gasteiger partial charge in [0.1, 0.15) is 10.1 Å². The second kappa shape index (κ2) is 11.5. The van der Waals surface area contributed by atoms with Crippen LogP contribution in [0, 0.1) is 0 Å². The average Bonchev–Trinajstić information content (AvgIpc) is 2.32. The summed E-state index contributed by atoms with van der Waals surface area (Å²) in [4.78, 5) is 33.6. The number of nitrogens with one attached hydrogen (secondary N) is 1. The van der Waals surface area contributed by atoms with Crippen LogP contribution in [0.4, 0.5) is 0 Å². The van der Waals surface area contributed by atoms with Gasteiger partial charge in [0.05, 0.1) is 0 Å². The Morgan fingerprint density at radius 1 is 1.32 bits per heavy atom. The zero-order valence-corrected chi connectivity index (χ0v) is 17.1. The fourth-order valence-electron chi connectivity index (χ4n) is 1.08. The first kappa shape index (κ1) is 26.9. The van der Waals surface area contributed by atoms with Crippen LogP contribution in [0.5, 0.6) is 0 Å². The molecule has 0 aromatic heterocycles. The number of carboxylic acid groups (broad SMARTS) is 1. The van der Waals surface area contributed by atoms with Crippen molar-refractivity contribution in [2.24, 2.45) is 0 Å². The molecule has 0 aliphatic rings. The number of carboxylic acids is 1. The summed E-state index contributed by atoms with van der Waals surface area (Å²) in [6.45, 7) is 3.74. The number of rotatable bonds is 7. The number of hydrogen-bond acceptors (Lipinski definition) is 9. The standard InChI is InChI=1S/C9H13NO9S.2Na/c1-3-6(11)10-19-8(14)9(18-4-2,5-7(12)13)20(15,16)17;;/h3H,1,4-5H2,2H3,(H,10,11)(H,12,13)(H,15,16,17);;/q;2*+1/p-2. The zero-order valence-electron chi connectivity index (χ0n) is 12.3. The van der Waals surface area contributed by atoms with Crippen molar-refractivity contribution in [3.05, 3.63) is 12.7 Å². The third kappa shape index (κ3) is 7.53. The molecule has 0 aliphatic carbocycles. The van der Waals surface area contributed by atoms with Crippen molar-refractivity contribution in [2.75, 3.05) is 6.61 Å². The van der Waals surface area contributed by atoms with Crippen LogP contribution in [0.25, 0.3) is 0 Å². The third-order valence-electron chi connectivity index (χ3n) is 1.90. The predicted molar refractivity (Wildman–Crippen MR) is 58.1 cm³/mol. The SMILES string of the molecule is C=CC(=O)NOC(=O)C(CC(=O)[O-])(OCC)S(=O)(=O)[O-].[Na+].[Na+]. The van der Waals surface area contributed by atoms with E-state index in [0.29, 0.717) is 6.08 Å². The van der Waals surface area contributed by atoms with Crippen molar-refractivity contribution >= 4 is 28.0 Å². The van der Waals surface area contributed by atoms with Gasteiger partial charge in [-0.05, 0) is 13.0 Å². The number of carbonyl (C=O) groups excluding carboxylic acids is 3. The molecule has 1 atom stereocenters. The molecule has 0 heterocycles. The number of hydroxylamine groups is 1. The summed E-state index contributed by atoms with van der Waals surface area (Å²) < 4.78 is 37.8. The van der Waals surface area contributed by atoms with Crippen molar-refractivity contribution < 1.29 is 101 Å². The van der Waals surface area contributed by atoms with E-state index in [1.165, 1.54) is 12.4 Å². The molecule has 0 aliphatic heterocycles. The molecule has 1 amide bonds. The molecule has 22 heavy (non-hydrogen) atoms. The fraction of sp³-hybridized carbons (Fsp3) is 0.444. The van der Waals surface area contributed by atoms with Gasteiger partial charge in [-0.2, -0.15) is 5.48 Å². The van der Waals surface area contributed by atoms with Gasteiger partial charge >= 0.3 is 65.1 Å². The van der Waals surface area contributed by atoms with Crippen molar-refractivity contribution in [3.63, 3.8) is 0 Å². The minimum absolute atomic E-state index is 0. The molecule has 1 N–H and O–H groups in total. The number of amides is 1. The van der Waals surface area contributed by atoms with Gasteiger partial charge in [0.2, 0.25) is 0 Å². The normalized spacial score (nSPS) is 12.6. The van der Waals surface area contributed by atoms with Crippen LogP contribution in [0.1, 0.15) is 13.3 Å². The van der Waals surface area contributed by atoms with Crippen LogP contribution in [-0.4, -0.2) is 42.4 Å². The minimum Gasteiger partial charge on any atom is -0.745 e. The van der Waals surface area contributed by atoms with Gasteiger partial charge in [-0.3, -0.25) is 4.79 Å². The van der Waals surface area contributed by atoms with Crippen molar-refractivity contribution in [3.8, 4) is 0 Å². The van der Waals surface area contributed by atoms with Gasteiger partial charge in [-0.25, -0.2) is 13.2 Å². The Bertz CT molecular complexity index is 521. The largest absolute Gasteiger partial charge is 1.00 e. The van der Waals surface area contributed by atoms with Crippen molar-refractivity contribution in [1.29, 1.82) is 0 Å². The van der Waals surface area contributed by atoms with Gasteiger partial charge < -0.3 is 24.0 Å². The first-order valence-electron chi connectivity index (χ1n) is 5.03. The van der Waals surface area contributed by atoms with E-state index < -0.39 is 45.9 Å². The molecule has 0 aromatic carbocycles. The molecule has 0 saturated carbocycles. The van der Waals surface area contributed by atoms with E-state index in [1.54, 1.807) is 0 Å². The molecular formula is C9H11NNa2O9S. The smallest absolute Gasteiger partial charge is 0.745 e. The second-order valence-corrected chi connectivity index (χ2v) is 4.82. The number of ether oxygens (including phenoxy) is 1. The van der Waals surface area contributed by atoms with Crippen LogP contribution in [0.3, 0.4) is 0 Å². The summed E-state index contributed by atoms with van der Waals surface area (Å²) in [5.41, 5.74) is 1.44. The van der Waals surface area contributed by atoms with Gasteiger partial charge in [-0.15, -0.1) is 0 Å². The summed E-state index contributed by atoms with van der Waals surface area (Å²) >= 11 is 0. The third-order valence-corrected chi connectivity index (χ3v) is 3.14. The topological polar surface area (TPSA) is 162 Å². The molecule has 13 heteroatoms. The summed E-state index contributed by atoms with van der Waals surface area (Å²) in [6, 6.07) is 0. The first-order valence-corrected chi connectivity index (χ1v) is 6.44. The molecule has 0 saturated heterocycles. The van der Waals surface area contributed by atoms with Crippen LogP contribution in [-0.2, 0) is 34.1 Å². The second-order valence-electron chi connectivity index (χ2n) is 3.25. The summed E-state index contributed by atoms with van der Waals surface area (Å²) in [5.74, 6) is -4.97. The van der Waals surface area contributed by atoms with E-state index in [1.807, 2.05) is 0 Å². The van der Waals surface area contributed by atoms with E-state index in [0.717, 1.165) is 0 Å². The molecular weight excluding hydrogens is 344 g/mol. The molecule has 0 aromatic rings. The molecule has 1 unspecified atom stereocenters. The van der Waals surface area contributed by atoms with E-state index in [4.69, 9.17) is 0 Å². The van der Waals surface area contributed by atoms with Gasteiger partial charge in [0.25, 0.3) is 10.8 Å². The molecule has 0 rings (SSSR count). The Morgan fingerprint density at radius 3 is 2.14 bits per heavy atom. The van der Waals surface area contributed by atoms with Crippen LogP contribution in [0.2, 0.25) is 0 Å². The van der Waals surface area contributed by atoms with Gasteiger partial charge in [0.15, 0.2) is 0 Å². The Kier molecular flexibility index (Phi) is 14.1. The summed E-state index contributed by atoms with van der Waals surface area (Å²) in [6.07, 6.45) is -0.907. The van der Waals surface area contributed by atoms with E-state index in [-0.39, 0.29) is 59.1 Å². The maximum atomic E-state index is 11.6. The van der Waals surface area contributed by atoms with Gasteiger partial charge in [-0.1, -0.05) is 6.58 Å². The molecule has 114 valence electrons. The Morgan fingerprint density at radius 2 is 1.82 bits per heavy atom. The Labute approximate surface area is 170 Å². The quantitative estimate of drug-likeness (QED) is 0.202. The van der Waals surface area contributed by atoms with Gasteiger partial charge in [0, 0.05) is 19.0 Å². The molecule has 10 nitrogen and oxygen atoms in total. The summed E-state index contributed by atoms with van der Waals surface area (Å²) in [7, 11) is -5.58. The zero-order chi connectivity index (χ0) is 16.0. The maximum absolute atomic E-state index is 11.6.